The van der Waals surface area contributed by atoms with E-state index in [1.165, 1.54) is 16.3 Å². The van der Waals surface area contributed by atoms with Crippen LogP contribution in [0.1, 0.15) is 38.3 Å². The molecule has 0 saturated carbocycles. The normalized spacial score (nSPS) is 14.7. The van der Waals surface area contributed by atoms with Gasteiger partial charge in [0.15, 0.2) is 5.13 Å². The van der Waals surface area contributed by atoms with Crippen molar-refractivity contribution in [1.29, 1.82) is 0 Å². The Hall–Kier alpha value is -2.54. The lowest BCUT2D eigenvalue weighted by Crippen LogP contribution is -2.36. The van der Waals surface area contributed by atoms with Gasteiger partial charge < -0.3 is 0 Å². The van der Waals surface area contributed by atoms with Crippen molar-refractivity contribution >= 4 is 39.7 Å². The summed E-state index contributed by atoms with van der Waals surface area (Å²) < 4.78 is 0. The lowest BCUT2D eigenvalue weighted by Gasteiger charge is -2.22. The summed E-state index contributed by atoms with van der Waals surface area (Å²) in [6.45, 7) is 4.10. The number of hydrogen-bond donors (Lipinski definition) is 1. The molecule has 0 unspecified atom stereocenters. The van der Waals surface area contributed by atoms with Crippen LogP contribution in [0.5, 0.6) is 0 Å². The molecular weight excluding hydrogens is 324 g/mol. The topological polar surface area (TPSA) is 74.7 Å². The van der Waals surface area contributed by atoms with E-state index in [4.69, 9.17) is 0 Å². The lowest BCUT2D eigenvalue weighted by atomic mass is 10.1. The number of thiazole rings is 1. The van der Waals surface area contributed by atoms with Crippen LogP contribution < -0.4 is 10.3 Å². The largest absolute Gasteiger partial charge is 0.297 e. The second-order valence-electron chi connectivity index (χ2n) is 5.77. The highest BCUT2D eigenvalue weighted by Gasteiger charge is 2.26. The number of aromatic nitrogens is 1. The van der Waals surface area contributed by atoms with Gasteiger partial charge in [-0.05, 0) is 18.1 Å². The third-order valence-corrected chi connectivity index (χ3v) is 4.41. The van der Waals surface area contributed by atoms with Crippen LogP contribution in [0.4, 0.5) is 10.8 Å². The fourth-order valence-corrected chi connectivity index (χ4v) is 3.13. The molecule has 0 atom stereocenters. The average Bonchev–Trinajstić information content (AvgIpc) is 3.05. The monoisotopic (exact) mass is 342 g/mol. The van der Waals surface area contributed by atoms with Crippen LogP contribution in [0.15, 0.2) is 40.8 Å². The molecular formula is C17H18N4O2S. The van der Waals surface area contributed by atoms with Crippen LogP contribution in [0, 0.1) is 0 Å². The van der Waals surface area contributed by atoms with Crippen LogP contribution in [-0.4, -0.2) is 22.5 Å². The molecule has 0 fully saturated rings. The second-order valence-corrected chi connectivity index (χ2v) is 6.63. The Morgan fingerprint density at radius 3 is 2.67 bits per heavy atom. The smallest absolute Gasteiger partial charge is 0.273 e. The lowest BCUT2D eigenvalue weighted by molar-refractivity contribution is -0.118. The molecule has 0 bridgehead atoms. The molecule has 24 heavy (non-hydrogen) atoms. The van der Waals surface area contributed by atoms with Crippen LogP contribution >= 0.6 is 11.3 Å². The summed E-state index contributed by atoms with van der Waals surface area (Å²) in [4.78, 5) is 28.9. The summed E-state index contributed by atoms with van der Waals surface area (Å²) >= 11 is 1.39. The SMILES string of the molecule is CC(C)c1csc(NC(=O)C2=NN(c3ccccc3)C(=O)CC2)n1. The highest BCUT2D eigenvalue weighted by Crippen LogP contribution is 2.23. The molecule has 2 heterocycles. The maximum absolute atomic E-state index is 12.4. The molecule has 1 aliphatic heterocycles. The zero-order chi connectivity index (χ0) is 17.1. The van der Waals surface area contributed by atoms with Crippen LogP contribution in [0.2, 0.25) is 0 Å². The van der Waals surface area contributed by atoms with Gasteiger partial charge in [0.25, 0.3) is 5.91 Å². The molecule has 2 amide bonds. The number of para-hydroxylation sites is 1. The van der Waals surface area contributed by atoms with Gasteiger partial charge >= 0.3 is 0 Å². The van der Waals surface area contributed by atoms with Crippen molar-refractivity contribution in [3.63, 3.8) is 0 Å². The molecule has 1 N–H and O–H groups in total. The summed E-state index contributed by atoms with van der Waals surface area (Å²) in [6.07, 6.45) is 0.590. The number of anilines is 2. The van der Waals surface area contributed by atoms with E-state index in [2.05, 4.69) is 29.2 Å². The van der Waals surface area contributed by atoms with Crippen molar-refractivity contribution in [2.75, 3.05) is 10.3 Å². The summed E-state index contributed by atoms with van der Waals surface area (Å²) in [5.41, 5.74) is 1.94. The highest BCUT2D eigenvalue weighted by molar-refractivity contribution is 7.14. The first kappa shape index (κ1) is 16.3. The van der Waals surface area contributed by atoms with E-state index in [1.54, 1.807) is 12.1 Å². The molecule has 2 aromatic rings. The number of amides is 2. The van der Waals surface area contributed by atoms with Crippen molar-refractivity contribution in [3.8, 4) is 0 Å². The van der Waals surface area contributed by atoms with Gasteiger partial charge in [-0.15, -0.1) is 11.3 Å². The number of carbonyl (C=O) groups is 2. The fourth-order valence-electron chi connectivity index (χ4n) is 2.27. The number of rotatable bonds is 4. The van der Waals surface area contributed by atoms with E-state index in [1.807, 2.05) is 23.6 Å². The van der Waals surface area contributed by atoms with Crippen LogP contribution in [-0.2, 0) is 9.59 Å². The van der Waals surface area contributed by atoms with Gasteiger partial charge in [-0.1, -0.05) is 32.0 Å². The Kier molecular flexibility index (Phi) is 4.71. The van der Waals surface area contributed by atoms with Crippen molar-refractivity contribution in [3.05, 3.63) is 41.4 Å². The molecule has 1 aliphatic rings. The predicted molar refractivity (Wildman–Crippen MR) is 95.4 cm³/mol. The minimum absolute atomic E-state index is 0.117. The average molecular weight is 342 g/mol. The molecule has 0 aliphatic carbocycles. The van der Waals surface area contributed by atoms with E-state index in [0.717, 1.165) is 5.69 Å². The van der Waals surface area contributed by atoms with Crippen molar-refractivity contribution in [2.45, 2.75) is 32.6 Å². The quantitative estimate of drug-likeness (QED) is 0.925. The van der Waals surface area contributed by atoms with Crippen molar-refractivity contribution in [2.24, 2.45) is 5.10 Å². The Labute approximate surface area is 144 Å². The van der Waals surface area contributed by atoms with Gasteiger partial charge in [-0.25, -0.2) is 9.99 Å². The van der Waals surface area contributed by atoms with Crippen LogP contribution in [0.3, 0.4) is 0 Å². The first-order chi connectivity index (χ1) is 11.5. The van der Waals surface area contributed by atoms with E-state index >= 15 is 0 Å². The second kappa shape index (κ2) is 6.92. The van der Waals surface area contributed by atoms with Crippen molar-refractivity contribution in [1.82, 2.24) is 4.98 Å². The van der Waals surface area contributed by atoms with Crippen LogP contribution in [0.25, 0.3) is 0 Å². The molecule has 0 radical (unpaired) electrons. The standard InChI is InChI=1S/C17H18N4O2S/c1-11(2)14-10-24-17(18-14)19-16(23)13-8-9-15(22)21(20-13)12-6-4-3-5-7-12/h3-7,10-11H,8-9H2,1-2H3,(H,18,19,23). The zero-order valence-electron chi connectivity index (χ0n) is 13.5. The maximum Gasteiger partial charge on any atom is 0.273 e. The minimum atomic E-state index is -0.312. The maximum atomic E-state index is 12.4. The molecule has 3 rings (SSSR count). The summed E-state index contributed by atoms with van der Waals surface area (Å²) in [6, 6.07) is 9.10. The first-order valence-electron chi connectivity index (χ1n) is 7.77. The Bertz CT molecular complexity index is 783. The van der Waals surface area contributed by atoms with E-state index in [9.17, 15) is 9.59 Å². The van der Waals surface area contributed by atoms with Gasteiger partial charge in [-0.2, -0.15) is 5.10 Å². The summed E-state index contributed by atoms with van der Waals surface area (Å²) in [7, 11) is 0. The molecule has 124 valence electrons. The van der Waals surface area contributed by atoms with Gasteiger partial charge in [0.2, 0.25) is 5.91 Å². The highest BCUT2D eigenvalue weighted by atomic mass is 32.1. The number of nitrogens with one attached hydrogen (secondary N) is 1. The number of benzene rings is 1. The predicted octanol–water partition coefficient (Wildman–Crippen LogP) is 3.39. The summed E-state index contributed by atoms with van der Waals surface area (Å²) in [5.74, 6) is -0.118. The molecule has 0 saturated heterocycles. The van der Waals surface area contributed by atoms with Crippen molar-refractivity contribution < 1.29 is 9.59 Å². The van der Waals surface area contributed by atoms with E-state index in [0.29, 0.717) is 28.9 Å². The molecule has 0 spiro atoms. The minimum Gasteiger partial charge on any atom is -0.297 e. The first-order valence-corrected chi connectivity index (χ1v) is 8.65. The zero-order valence-corrected chi connectivity index (χ0v) is 14.3. The van der Waals surface area contributed by atoms with Gasteiger partial charge in [0.05, 0.1) is 11.4 Å². The van der Waals surface area contributed by atoms with Gasteiger partial charge in [0, 0.05) is 18.2 Å². The molecule has 7 heteroatoms. The van der Waals surface area contributed by atoms with Gasteiger partial charge in [0.1, 0.15) is 5.71 Å². The number of hydrazone groups is 1. The number of nitrogens with zero attached hydrogens (tertiary/aromatic N) is 3. The molecule has 1 aromatic heterocycles. The molecule has 1 aromatic carbocycles. The van der Waals surface area contributed by atoms with E-state index < -0.39 is 0 Å². The molecule has 6 nitrogen and oxygen atoms in total. The Morgan fingerprint density at radius 2 is 2.00 bits per heavy atom. The Balaban J connectivity index is 1.77. The van der Waals surface area contributed by atoms with E-state index in [-0.39, 0.29) is 18.2 Å². The third kappa shape index (κ3) is 3.51. The number of hydrogen-bond acceptors (Lipinski definition) is 5. The third-order valence-electron chi connectivity index (χ3n) is 3.63. The Morgan fingerprint density at radius 1 is 1.25 bits per heavy atom. The summed E-state index contributed by atoms with van der Waals surface area (Å²) in [5, 5.41) is 10.8. The van der Waals surface area contributed by atoms with Gasteiger partial charge in [-0.3, -0.25) is 14.9 Å². The number of carbonyl (C=O) groups excluding carboxylic acids is 2. The fraction of sp³-hybridized carbons (Fsp3) is 0.294.